The first-order chi connectivity index (χ1) is 4.79. The molecule has 1 aliphatic heterocycles. The number of rotatable bonds is 0. The summed E-state index contributed by atoms with van der Waals surface area (Å²) in [5.41, 5.74) is 0. The van der Waals surface area contributed by atoms with E-state index >= 15 is 0 Å². The molecule has 2 N–H and O–H groups in total. The summed E-state index contributed by atoms with van der Waals surface area (Å²) in [6.07, 6.45) is 2.01. The molecule has 0 spiro atoms. The third-order valence-corrected chi connectivity index (χ3v) is 1.59. The van der Waals surface area contributed by atoms with Gasteiger partial charge < -0.3 is 10.0 Å². The Morgan fingerprint density at radius 2 is 2.10 bits per heavy atom. The number of aliphatic hydroxyl groups is 1. The number of nitrogens with one attached hydrogen (secondary N) is 1. The second-order valence-electron chi connectivity index (χ2n) is 2.50. The Labute approximate surface area is 63.8 Å². The molecule has 10 heavy (non-hydrogen) atoms. The van der Waals surface area contributed by atoms with E-state index in [4.69, 9.17) is 5.11 Å². The number of piperidine rings is 1. The summed E-state index contributed by atoms with van der Waals surface area (Å²) < 4.78 is 0. The molecule has 1 unspecified atom stereocenters. The van der Waals surface area contributed by atoms with E-state index in [9.17, 15) is 0 Å². The minimum absolute atomic E-state index is 0.0868. The number of quaternary nitrogens is 1. The van der Waals surface area contributed by atoms with E-state index < -0.39 is 0 Å². The normalized spacial score (nSPS) is 32.4. The van der Waals surface area contributed by atoms with Crippen molar-refractivity contribution in [3.8, 4) is 0 Å². The van der Waals surface area contributed by atoms with Gasteiger partial charge in [-0.05, 0) is 12.8 Å². The van der Waals surface area contributed by atoms with Gasteiger partial charge in [-0.15, -0.1) is 0 Å². The molecule has 0 bridgehead atoms. The summed E-state index contributed by atoms with van der Waals surface area (Å²) in [6.45, 7) is 5.96. The average Bonchev–Trinajstić information content (AvgIpc) is 1.91. The van der Waals surface area contributed by atoms with Crippen LogP contribution in [-0.4, -0.2) is 24.3 Å². The van der Waals surface area contributed by atoms with Gasteiger partial charge in [-0.1, -0.05) is 13.8 Å². The lowest BCUT2D eigenvalue weighted by Gasteiger charge is -2.28. The summed E-state index contributed by atoms with van der Waals surface area (Å²) in [6, 6.07) is 0. The van der Waals surface area contributed by atoms with Crippen LogP contribution in [0.4, 0.5) is 0 Å². The highest BCUT2D eigenvalue weighted by Crippen LogP contribution is 1.95. The molecule has 0 aromatic heterocycles. The number of hydrogen-bond donors (Lipinski definition) is 2. The first kappa shape index (κ1) is 9.92. The zero-order valence-corrected chi connectivity index (χ0v) is 7.06. The number of likely N-dealkylation sites (tertiary alicyclic amines) is 1. The third-order valence-electron chi connectivity index (χ3n) is 1.59. The molecule has 62 valence electrons. The number of aliphatic hydroxyl groups excluding tert-OH is 1. The van der Waals surface area contributed by atoms with Crippen molar-refractivity contribution in [3.63, 3.8) is 0 Å². The van der Waals surface area contributed by atoms with Crippen LogP contribution in [0, 0.1) is 7.05 Å². The van der Waals surface area contributed by atoms with E-state index in [0.29, 0.717) is 0 Å². The van der Waals surface area contributed by atoms with Gasteiger partial charge in [0, 0.05) is 0 Å². The van der Waals surface area contributed by atoms with E-state index in [-0.39, 0.29) is 6.10 Å². The van der Waals surface area contributed by atoms with Gasteiger partial charge in [0.05, 0.1) is 13.1 Å². The second-order valence-corrected chi connectivity index (χ2v) is 2.50. The molecule has 0 saturated carbocycles. The standard InChI is InChI=1S/C6H13NO.C2H6/c1-7-4-2-3-6(8)5-7;1-2/h6-8H,1-5H2;1-2H3/t6-;/m1./s1. The Morgan fingerprint density at radius 1 is 1.50 bits per heavy atom. The van der Waals surface area contributed by atoms with Gasteiger partial charge in [-0.3, -0.25) is 0 Å². The van der Waals surface area contributed by atoms with Gasteiger partial charge in [-0.25, -0.2) is 0 Å². The van der Waals surface area contributed by atoms with Gasteiger partial charge in [0.2, 0.25) is 0 Å². The Balaban J connectivity index is 0.000000371. The van der Waals surface area contributed by atoms with Crippen molar-refractivity contribution in [1.82, 2.24) is 0 Å². The minimum Gasteiger partial charge on any atom is -0.466 e. The predicted octanol–water partition coefficient (Wildman–Crippen LogP) is -0.156. The van der Waals surface area contributed by atoms with Crippen LogP contribution in [0.25, 0.3) is 0 Å². The fraction of sp³-hybridized carbons (Fsp3) is 0.875. The van der Waals surface area contributed by atoms with Crippen molar-refractivity contribution in [2.75, 3.05) is 13.1 Å². The van der Waals surface area contributed by atoms with E-state index in [2.05, 4.69) is 7.05 Å². The SMILES string of the molecule is CC.[CH2-][NH+]1CCC[C@@H](O)C1. The molecule has 1 rings (SSSR count). The molecular weight excluding hydrogens is 126 g/mol. The Hall–Kier alpha value is -0.0800. The highest BCUT2D eigenvalue weighted by molar-refractivity contribution is 4.56. The molecule has 0 radical (unpaired) electrons. The van der Waals surface area contributed by atoms with Gasteiger partial charge in [-0.2, -0.15) is 7.05 Å². The van der Waals surface area contributed by atoms with Crippen LogP contribution in [0.1, 0.15) is 26.7 Å². The van der Waals surface area contributed by atoms with E-state index in [1.54, 1.807) is 0 Å². The van der Waals surface area contributed by atoms with Gasteiger partial charge >= 0.3 is 0 Å². The van der Waals surface area contributed by atoms with Crippen molar-refractivity contribution in [2.24, 2.45) is 0 Å². The predicted molar refractivity (Wildman–Crippen MR) is 42.6 cm³/mol. The molecule has 0 aromatic carbocycles. The van der Waals surface area contributed by atoms with Crippen molar-refractivity contribution < 1.29 is 10.0 Å². The first-order valence-corrected chi connectivity index (χ1v) is 4.14. The van der Waals surface area contributed by atoms with Crippen LogP contribution < -0.4 is 4.90 Å². The van der Waals surface area contributed by atoms with Crippen molar-refractivity contribution >= 4 is 0 Å². The fourth-order valence-corrected chi connectivity index (χ4v) is 1.13. The van der Waals surface area contributed by atoms with Gasteiger partial charge in [0.15, 0.2) is 0 Å². The summed E-state index contributed by atoms with van der Waals surface area (Å²) in [5, 5.41) is 9.02. The monoisotopic (exact) mass is 145 g/mol. The second kappa shape index (κ2) is 5.69. The van der Waals surface area contributed by atoms with Crippen LogP contribution in [0.5, 0.6) is 0 Å². The zero-order chi connectivity index (χ0) is 7.98. The molecule has 1 fully saturated rings. The molecule has 2 nitrogen and oxygen atoms in total. The first-order valence-electron chi connectivity index (χ1n) is 4.14. The summed E-state index contributed by atoms with van der Waals surface area (Å²) in [5.74, 6) is 0. The zero-order valence-electron chi connectivity index (χ0n) is 7.06. The smallest absolute Gasteiger partial charge is 0.101 e. The molecule has 0 aliphatic carbocycles. The van der Waals surface area contributed by atoms with Crippen molar-refractivity contribution in [3.05, 3.63) is 7.05 Å². The summed E-state index contributed by atoms with van der Waals surface area (Å²) >= 11 is 0. The molecule has 0 aromatic rings. The maximum absolute atomic E-state index is 9.02. The quantitative estimate of drug-likeness (QED) is 0.455. The third kappa shape index (κ3) is 3.85. The van der Waals surface area contributed by atoms with Gasteiger partial charge in [0.1, 0.15) is 6.10 Å². The largest absolute Gasteiger partial charge is 0.466 e. The topological polar surface area (TPSA) is 24.7 Å². The molecular formula is C8H19NO. The van der Waals surface area contributed by atoms with E-state index in [0.717, 1.165) is 25.9 Å². The van der Waals surface area contributed by atoms with E-state index in [1.165, 1.54) is 4.90 Å². The van der Waals surface area contributed by atoms with Crippen molar-refractivity contribution in [2.45, 2.75) is 32.8 Å². The molecule has 0 amide bonds. The van der Waals surface area contributed by atoms with Crippen LogP contribution in [0.3, 0.4) is 0 Å². The fourth-order valence-electron chi connectivity index (χ4n) is 1.13. The lowest BCUT2D eigenvalue weighted by molar-refractivity contribution is -0.863. The Morgan fingerprint density at radius 3 is 2.40 bits per heavy atom. The van der Waals surface area contributed by atoms with Crippen molar-refractivity contribution in [1.29, 1.82) is 0 Å². The highest BCUT2D eigenvalue weighted by atomic mass is 16.3. The van der Waals surface area contributed by atoms with Gasteiger partial charge in [0.25, 0.3) is 0 Å². The maximum atomic E-state index is 9.02. The molecule has 1 saturated heterocycles. The highest BCUT2D eigenvalue weighted by Gasteiger charge is 2.13. The summed E-state index contributed by atoms with van der Waals surface area (Å²) in [4.78, 5) is 1.21. The maximum Gasteiger partial charge on any atom is 0.101 e. The van der Waals surface area contributed by atoms with E-state index in [1.807, 2.05) is 13.8 Å². The Bertz CT molecular complexity index is 67.7. The molecule has 1 heterocycles. The molecule has 2 heteroatoms. The number of hydrogen-bond acceptors (Lipinski definition) is 1. The van der Waals surface area contributed by atoms with Crippen LogP contribution in [0.2, 0.25) is 0 Å². The molecule has 1 aliphatic rings. The van der Waals surface area contributed by atoms with Crippen LogP contribution in [0.15, 0.2) is 0 Å². The lowest BCUT2D eigenvalue weighted by Crippen LogP contribution is -3.09. The molecule has 2 atom stereocenters. The van der Waals surface area contributed by atoms with Crippen LogP contribution >= 0.6 is 0 Å². The lowest BCUT2D eigenvalue weighted by atomic mass is 10.1. The van der Waals surface area contributed by atoms with Crippen LogP contribution in [-0.2, 0) is 0 Å². The average molecular weight is 145 g/mol. The Kier molecular flexibility index (Phi) is 5.64. The summed E-state index contributed by atoms with van der Waals surface area (Å²) in [7, 11) is 3.80. The minimum atomic E-state index is -0.0868.